The minimum Gasteiger partial charge on any atom is -0.481 e. The Kier molecular flexibility index (Phi) is 9.94. The normalized spacial score (nSPS) is 12.7. The molecule has 0 aliphatic rings. The van der Waals surface area contributed by atoms with Crippen LogP contribution in [0.4, 0.5) is 0 Å². The molecule has 0 aromatic heterocycles. The molecule has 0 heterocycles. The Labute approximate surface area is 108 Å². The van der Waals surface area contributed by atoms with E-state index in [-0.39, 0.29) is 29.7 Å². The van der Waals surface area contributed by atoms with E-state index in [9.17, 15) is 19.2 Å². The Morgan fingerprint density at radius 2 is 1.17 bits per heavy atom. The maximum atomic E-state index is 10.5. The van der Waals surface area contributed by atoms with Gasteiger partial charge in [-0.2, -0.15) is 0 Å². The van der Waals surface area contributed by atoms with Crippen LogP contribution in [-0.2, 0) is 19.2 Å². The lowest BCUT2D eigenvalue weighted by Crippen LogP contribution is -2.12. The highest BCUT2D eigenvalue weighted by atomic mass is 16.4. The molecule has 2 atom stereocenters. The highest BCUT2D eigenvalue weighted by Gasteiger charge is 2.12. The molecule has 5 heteroatoms. The van der Waals surface area contributed by atoms with Crippen LogP contribution in [0, 0.1) is 11.8 Å². The third-order valence-corrected chi connectivity index (χ3v) is 2.30. The number of hydrogen-bond donors (Lipinski definition) is 1. The highest BCUT2D eigenvalue weighted by Crippen LogP contribution is 2.02. The number of hydrogen-bond acceptors (Lipinski definition) is 4. The average molecular weight is 258 g/mol. The van der Waals surface area contributed by atoms with E-state index < -0.39 is 11.9 Å². The molecule has 0 fully saturated rings. The fraction of sp³-hybridized carbons (Fsp3) is 0.692. The van der Waals surface area contributed by atoms with E-state index in [1.54, 1.807) is 6.92 Å². The smallest absolute Gasteiger partial charge is 0.306 e. The predicted octanol–water partition coefficient (Wildman–Crippen LogP) is 1.88. The summed E-state index contributed by atoms with van der Waals surface area (Å²) in [6, 6.07) is 0. The average Bonchev–Trinajstić information content (AvgIpc) is 2.16. The molecule has 2 unspecified atom stereocenters. The second kappa shape index (κ2) is 9.50. The zero-order valence-corrected chi connectivity index (χ0v) is 11.6. The van der Waals surface area contributed by atoms with Crippen molar-refractivity contribution >= 4 is 23.3 Å². The molecule has 0 saturated carbocycles. The number of carboxylic acids is 1. The highest BCUT2D eigenvalue weighted by molar-refractivity contribution is 5.85. The molecule has 0 saturated heterocycles. The summed E-state index contributed by atoms with van der Waals surface area (Å²) >= 11 is 0. The van der Waals surface area contributed by atoms with Gasteiger partial charge in [-0.05, 0) is 20.8 Å². The summed E-state index contributed by atoms with van der Waals surface area (Å²) in [4.78, 5) is 41.3. The number of ketones is 3. The van der Waals surface area contributed by atoms with E-state index >= 15 is 0 Å². The van der Waals surface area contributed by atoms with Crippen molar-refractivity contribution in [3.63, 3.8) is 0 Å². The van der Waals surface area contributed by atoms with Gasteiger partial charge in [0.15, 0.2) is 0 Å². The standard InChI is InChI=1S/C7H12O2.C6H10O3/c1-5(7(3)9)4-6(2)8;1-4(6(8)9)3-5(2)7/h5H,4H2,1-3H3;4H,3H2,1-2H3,(H,8,9). The topological polar surface area (TPSA) is 88.5 Å². The minimum absolute atomic E-state index is 0.0788. The monoisotopic (exact) mass is 258 g/mol. The van der Waals surface area contributed by atoms with Crippen molar-refractivity contribution in [2.75, 3.05) is 0 Å². The Hall–Kier alpha value is -1.52. The van der Waals surface area contributed by atoms with E-state index in [1.165, 1.54) is 27.7 Å². The van der Waals surface area contributed by atoms with Crippen molar-refractivity contribution in [2.45, 2.75) is 47.5 Å². The third kappa shape index (κ3) is 12.5. The summed E-state index contributed by atoms with van der Waals surface area (Å²) in [6.45, 7) is 7.68. The van der Waals surface area contributed by atoms with Crippen LogP contribution in [0.5, 0.6) is 0 Å². The summed E-state index contributed by atoms with van der Waals surface area (Å²) in [6.07, 6.45) is 0.519. The first-order valence-electron chi connectivity index (χ1n) is 5.80. The molecule has 0 aromatic rings. The summed E-state index contributed by atoms with van der Waals surface area (Å²) in [7, 11) is 0. The van der Waals surface area contributed by atoms with Crippen LogP contribution in [0.2, 0.25) is 0 Å². The van der Waals surface area contributed by atoms with Crippen molar-refractivity contribution in [1.82, 2.24) is 0 Å². The largest absolute Gasteiger partial charge is 0.481 e. The molecule has 18 heavy (non-hydrogen) atoms. The van der Waals surface area contributed by atoms with Crippen LogP contribution < -0.4 is 0 Å². The van der Waals surface area contributed by atoms with E-state index in [2.05, 4.69) is 0 Å². The van der Waals surface area contributed by atoms with E-state index in [0.717, 1.165) is 0 Å². The van der Waals surface area contributed by atoms with Crippen LogP contribution >= 0.6 is 0 Å². The number of Topliss-reactive ketones (excluding diaryl/α,β-unsaturated/α-hetero) is 3. The van der Waals surface area contributed by atoms with Crippen molar-refractivity contribution in [2.24, 2.45) is 11.8 Å². The van der Waals surface area contributed by atoms with Gasteiger partial charge in [-0.25, -0.2) is 0 Å². The fourth-order valence-corrected chi connectivity index (χ4v) is 1.09. The summed E-state index contributed by atoms with van der Waals surface area (Å²) in [5.74, 6) is -1.46. The Morgan fingerprint density at radius 1 is 0.833 bits per heavy atom. The van der Waals surface area contributed by atoms with Gasteiger partial charge in [-0.15, -0.1) is 0 Å². The molecule has 0 spiro atoms. The quantitative estimate of drug-likeness (QED) is 0.785. The summed E-state index contributed by atoms with van der Waals surface area (Å²) in [5, 5.41) is 8.28. The SMILES string of the molecule is CC(=O)CC(C)C(=O)O.CC(=O)CC(C)C(C)=O. The Balaban J connectivity index is 0. The van der Waals surface area contributed by atoms with Crippen LogP contribution in [-0.4, -0.2) is 28.4 Å². The fourth-order valence-electron chi connectivity index (χ4n) is 1.09. The van der Waals surface area contributed by atoms with Crippen LogP contribution in [0.1, 0.15) is 47.5 Å². The Bertz CT molecular complexity index is 287. The molecule has 0 rings (SSSR count). The van der Waals surface area contributed by atoms with Crippen molar-refractivity contribution in [3.8, 4) is 0 Å². The molecule has 0 bridgehead atoms. The van der Waals surface area contributed by atoms with E-state index in [1.807, 2.05) is 0 Å². The zero-order valence-electron chi connectivity index (χ0n) is 11.6. The first-order valence-corrected chi connectivity index (χ1v) is 5.80. The van der Waals surface area contributed by atoms with Crippen molar-refractivity contribution in [1.29, 1.82) is 0 Å². The van der Waals surface area contributed by atoms with Crippen LogP contribution in [0.15, 0.2) is 0 Å². The van der Waals surface area contributed by atoms with Gasteiger partial charge >= 0.3 is 5.97 Å². The lowest BCUT2D eigenvalue weighted by molar-refractivity contribution is -0.142. The van der Waals surface area contributed by atoms with Gasteiger partial charge in [0.2, 0.25) is 0 Å². The predicted molar refractivity (Wildman–Crippen MR) is 67.2 cm³/mol. The van der Waals surface area contributed by atoms with Gasteiger partial charge in [-0.1, -0.05) is 13.8 Å². The first-order chi connectivity index (χ1) is 8.07. The van der Waals surface area contributed by atoms with Gasteiger partial charge in [0.1, 0.15) is 17.3 Å². The number of carboxylic acid groups (broad SMARTS) is 1. The van der Waals surface area contributed by atoms with Crippen molar-refractivity contribution in [3.05, 3.63) is 0 Å². The first kappa shape index (κ1) is 18.8. The molecular weight excluding hydrogens is 236 g/mol. The van der Waals surface area contributed by atoms with E-state index in [4.69, 9.17) is 5.11 Å². The zero-order chi connectivity index (χ0) is 14.9. The number of rotatable bonds is 6. The van der Waals surface area contributed by atoms with Crippen molar-refractivity contribution < 1.29 is 24.3 Å². The van der Waals surface area contributed by atoms with Crippen LogP contribution in [0.3, 0.4) is 0 Å². The second-order valence-corrected chi connectivity index (χ2v) is 4.56. The molecule has 5 nitrogen and oxygen atoms in total. The maximum Gasteiger partial charge on any atom is 0.306 e. The molecule has 0 aromatic carbocycles. The third-order valence-electron chi connectivity index (χ3n) is 2.30. The van der Waals surface area contributed by atoms with Crippen LogP contribution in [0.25, 0.3) is 0 Å². The molecule has 0 aliphatic carbocycles. The van der Waals surface area contributed by atoms with Gasteiger partial charge in [0, 0.05) is 18.8 Å². The second-order valence-electron chi connectivity index (χ2n) is 4.56. The molecule has 0 aliphatic heterocycles. The maximum absolute atomic E-state index is 10.5. The Morgan fingerprint density at radius 3 is 1.28 bits per heavy atom. The number of carbonyl (C=O) groups excluding carboxylic acids is 3. The molecular formula is C13H22O5. The summed E-state index contributed by atoms with van der Waals surface area (Å²) in [5.41, 5.74) is 0. The summed E-state index contributed by atoms with van der Waals surface area (Å²) < 4.78 is 0. The van der Waals surface area contributed by atoms with Gasteiger partial charge < -0.3 is 14.7 Å². The number of aliphatic carboxylic acids is 1. The van der Waals surface area contributed by atoms with E-state index in [0.29, 0.717) is 6.42 Å². The molecule has 1 N–H and O–H groups in total. The molecule has 0 radical (unpaired) electrons. The molecule has 104 valence electrons. The minimum atomic E-state index is -0.912. The van der Waals surface area contributed by atoms with Gasteiger partial charge in [0.05, 0.1) is 5.92 Å². The van der Waals surface area contributed by atoms with Gasteiger partial charge in [-0.3, -0.25) is 9.59 Å². The lowest BCUT2D eigenvalue weighted by Gasteiger charge is -2.01. The molecule has 0 amide bonds. The van der Waals surface area contributed by atoms with Gasteiger partial charge in [0.25, 0.3) is 0 Å². The number of carbonyl (C=O) groups is 4. The lowest BCUT2D eigenvalue weighted by atomic mass is 10.0.